The van der Waals surface area contributed by atoms with E-state index in [1.807, 2.05) is 30.5 Å². The van der Waals surface area contributed by atoms with Gasteiger partial charge in [0.25, 0.3) is 0 Å². The van der Waals surface area contributed by atoms with E-state index in [9.17, 15) is 4.79 Å². The molecule has 0 aliphatic rings. The van der Waals surface area contributed by atoms with Crippen LogP contribution in [-0.2, 0) is 11.2 Å². The van der Waals surface area contributed by atoms with Crippen molar-refractivity contribution in [1.82, 2.24) is 9.97 Å². The second-order valence-corrected chi connectivity index (χ2v) is 5.76. The van der Waals surface area contributed by atoms with Crippen molar-refractivity contribution in [2.75, 3.05) is 5.32 Å². The summed E-state index contributed by atoms with van der Waals surface area (Å²) in [6.07, 6.45) is 7.59. The molecule has 4 nitrogen and oxygen atoms in total. The third-order valence-electron chi connectivity index (χ3n) is 3.47. The number of imidazole rings is 1. The summed E-state index contributed by atoms with van der Waals surface area (Å²) in [7, 11) is 0. The summed E-state index contributed by atoms with van der Waals surface area (Å²) < 4.78 is 0. The van der Waals surface area contributed by atoms with Crippen LogP contribution >= 0.6 is 11.6 Å². The highest BCUT2D eigenvalue weighted by Gasteiger charge is 1.99. The molecule has 2 N–H and O–H groups in total. The fraction of sp³-hybridized carbons (Fsp3) is 0.0526. The smallest absolute Gasteiger partial charge is 0.248 e. The average Bonchev–Trinajstić information content (AvgIpc) is 3.09. The minimum atomic E-state index is -0.182. The number of halogens is 1. The summed E-state index contributed by atoms with van der Waals surface area (Å²) in [6.45, 7) is 0. The molecule has 1 heterocycles. The molecule has 120 valence electrons. The summed E-state index contributed by atoms with van der Waals surface area (Å²) >= 11 is 5.81. The molecular formula is C19H16ClN3O. The number of aromatic nitrogens is 2. The monoisotopic (exact) mass is 337 g/mol. The minimum absolute atomic E-state index is 0.182. The van der Waals surface area contributed by atoms with Gasteiger partial charge in [-0.1, -0.05) is 35.9 Å². The molecule has 0 spiro atoms. The maximum absolute atomic E-state index is 11.9. The van der Waals surface area contributed by atoms with Gasteiger partial charge in [-0.15, -0.1) is 0 Å². The third kappa shape index (κ3) is 4.57. The molecule has 0 fully saturated rings. The lowest BCUT2D eigenvalue weighted by Gasteiger charge is -2.02. The summed E-state index contributed by atoms with van der Waals surface area (Å²) in [5.74, 6) is -0.182. The number of carbonyl (C=O) groups is 1. The van der Waals surface area contributed by atoms with Crippen LogP contribution in [0.3, 0.4) is 0 Å². The van der Waals surface area contributed by atoms with E-state index in [0.717, 1.165) is 17.7 Å². The molecule has 3 rings (SSSR count). The number of benzene rings is 2. The highest BCUT2D eigenvalue weighted by molar-refractivity contribution is 6.30. The van der Waals surface area contributed by atoms with Crippen molar-refractivity contribution in [2.24, 2.45) is 0 Å². The fourth-order valence-corrected chi connectivity index (χ4v) is 2.36. The number of rotatable bonds is 5. The number of aromatic amines is 1. The molecule has 0 saturated carbocycles. The van der Waals surface area contributed by atoms with Crippen LogP contribution in [-0.4, -0.2) is 15.9 Å². The summed E-state index contributed by atoms with van der Waals surface area (Å²) in [5, 5.41) is 3.42. The molecule has 0 unspecified atom stereocenters. The predicted molar refractivity (Wildman–Crippen MR) is 97.0 cm³/mol. The van der Waals surface area contributed by atoms with Crippen LogP contribution in [0.25, 0.3) is 6.08 Å². The largest absolute Gasteiger partial charge is 0.348 e. The van der Waals surface area contributed by atoms with Gasteiger partial charge in [-0.2, -0.15) is 0 Å². The molecule has 0 radical (unpaired) electrons. The zero-order chi connectivity index (χ0) is 16.8. The first-order valence-electron chi connectivity index (χ1n) is 7.50. The van der Waals surface area contributed by atoms with Gasteiger partial charge in [0, 0.05) is 35.1 Å². The van der Waals surface area contributed by atoms with Crippen molar-refractivity contribution in [1.29, 1.82) is 0 Å². The first-order valence-corrected chi connectivity index (χ1v) is 7.88. The van der Waals surface area contributed by atoms with Crippen molar-refractivity contribution in [2.45, 2.75) is 6.42 Å². The molecular weight excluding hydrogens is 322 g/mol. The molecule has 3 aromatic rings. The van der Waals surface area contributed by atoms with E-state index in [1.165, 1.54) is 11.6 Å². The highest BCUT2D eigenvalue weighted by Crippen LogP contribution is 2.14. The van der Waals surface area contributed by atoms with E-state index in [2.05, 4.69) is 15.3 Å². The van der Waals surface area contributed by atoms with E-state index in [1.54, 1.807) is 36.7 Å². The Labute approximate surface area is 145 Å². The van der Waals surface area contributed by atoms with Crippen LogP contribution in [0.5, 0.6) is 0 Å². The van der Waals surface area contributed by atoms with Gasteiger partial charge in [0.05, 0.1) is 6.33 Å². The molecule has 1 amide bonds. The Morgan fingerprint density at radius 1 is 1.12 bits per heavy atom. The lowest BCUT2D eigenvalue weighted by Crippen LogP contribution is -2.07. The van der Waals surface area contributed by atoms with Crippen LogP contribution < -0.4 is 5.32 Å². The van der Waals surface area contributed by atoms with Crippen LogP contribution in [0.15, 0.2) is 67.1 Å². The topological polar surface area (TPSA) is 57.8 Å². The first-order chi connectivity index (χ1) is 11.7. The molecule has 24 heavy (non-hydrogen) atoms. The predicted octanol–water partition coefficient (Wildman–Crippen LogP) is 4.31. The second-order valence-electron chi connectivity index (χ2n) is 5.32. The van der Waals surface area contributed by atoms with E-state index >= 15 is 0 Å². The van der Waals surface area contributed by atoms with Gasteiger partial charge in [-0.25, -0.2) is 4.98 Å². The van der Waals surface area contributed by atoms with Gasteiger partial charge < -0.3 is 10.3 Å². The molecule has 0 aliphatic heterocycles. The number of amides is 1. The Kier molecular flexibility index (Phi) is 5.08. The summed E-state index contributed by atoms with van der Waals surface area (Å²) in [6, 6.07) is 15.0. The Bertz CT molecular complexity index is 822. The van der Waals surface area contributed by atoms with Crippen molar-refractivity contribution < 1.29 is 4.79 Å². The van der Waals surface area contributed by atoms with Gasteiger partial charge in [0.15, 0.2) is 0 Å². The Balaban J connectivity index is 1.57. The number of nitrogens with zero attached hydrogens (tertiary/aromatic N) is 1. The Hall–Kier alpha value is -2.85. The average molecular weight is 338 g/mol. The summed E-state index contributed by atoms with van der Waals surface area (Å²) in [5.41, 5.74) is 3.93. The van der Waals surface area contributed by atoms with E-state index < -0.39 is 0 Å². The van der Waals surface area contributed by atoms with Gasteiger partial charge in [-0.05, 0) is 41.5 Å². The summed E-state index contributed by atoms with van der Waals surface area (Å²) in [4.78, 5) is 19.0. The van der Waals surface area contributed by atoms with Gasteiger partial charge in [0.2, 0.25) is 5.91 Å². The zero-order valence-corrected chi connectivity index (χ0v) is 13.6. The molecule has 0 atom stereocenters. The van der Waals surface area contributed by atoms with Crippen LogP contribution in [0.1, 0.15) is 16.8 Å². The number of hydrogen-bond donors (Lipinski definition) is 2. The Morgan fingerprint density at radius 3 is 2.54 bits per heavy atom. The van der Waals surface area contributed by atoms with E-state index in [4.69, 9.17) is 11.6 Å². The molecule has 0 saturated heterocycles. The fourth-order valence-electron chi connectivity index (χ4n) is 2.24. The normalized spacial score (nSPS) is 10.9. The molecule has 0 bridgehead atoms. The highest BCUT2D eigenvalue weighted by atomic mass is 35.5. The Morgan fingerprint density at radius 2 is 1.88 bits per heavy atom. The molecule has 2 aromatic carbocycles. The second kappa shape index (κ2) is 7.62. The van der Waals surface area contributed by atoms with Gasteiger partial charge >= 0.3 is 0 Å². The minimum Gasteiger partial charge on any atom is -0.348 e. The van der Waals surface area contributed by atoms with Crippen LogP contribution in [0.2, 0.25) is 5.02 Å². The molecule has 0 aliphatic carbocycles. The number of anilines is 1. The standard InChI is InChI=1S/C19H16ClN3O/c20-16-6-8-17(9-7-16)23-19(24)10-5-14-1-3-15(4-2-14)11-18-12-21-13-22-18/h1-10,12-13H,11H2,(H,21,22)(H,23,24)/b10-5+. The van der Waals surface area contributed by atoms with Crippen molar-refractivity contribution in [3.05, 3.63) is 89.0 Å². The number of carbonyl (C=O) groups excluding carboxylic acids is 1. The van der Waals surface area contributed by atoms with Crippen molar-refractivity contribution in [3.8, 4) is 0 Å². The first kappa shape index (κ1) is 16.0. The number of H-pyrrole nitrogens is 1. The van der Waals surface area contributed by atoms with E-state index in [0.29, 0.717) is 10.7 Å². The van der Waals surface area contributed by atoms with Gasteiger partial charge in [-0.3, -0.25) is 4.79 Å². The van der Waals surface area contributed by atoms with Crippen molar-refractivity contribution in [3.63, 3.8) is 0 Å². The van der Waals surface area contributed by atoms with Crippen molar-refractivity contribution >= 4 is 29.3 Å². The lowest BCUT2D eigenvalue weighted by molar-refractivity contribution is -0.111. The van der Waals surface area contributed by atoms with Gasteiger partial charge in [0.1, 0.15) is 0 Å². The molecule has 5 heteroatoms. The zero-order valence-electron chi connectivity index (χ0n) is 12.9. The van der Waals surface area contributed by atoms with Crippen LogP contribution in [0, 0.1) is 0 Å². The van der Waals surface area contributed by atoms with Crippen LogP contribution in [0.4, 0.5) is 5.69 Å². The maximum atomic E-state index is 11.9. The number of nitrogens with one attached hydrogen (secondary N) is 2. The van der Waals surface area contributed by atoms with E-state index in [-0.39, 0.29) is 5.91 Å². The quantitative estimate of drug-likeness (QED) is 0.682. The maximum Gasteiger partial charge on any atom is 0.248 e. The SMILES string of the molecule is O=C(/C=C/c1ccc(Cc2cnc[nH]2)cc1)Nc1ccc(Cl)cc1. The number of hydrogen-bond acceptors (Lipinski definition) is 2. The third-order valence-corrected chi connectivity index (χ3v) is 3.72. The molecule has 1 aromatic heterocycles. The lowest BCUT2D eigenvalue weighted by atomic mass is 10.1.